The fraction of sp³-hybridized carbons (Fsp3) is 0.304. The minimum Gasteiger partial charge on any atom is -0.299 e. The van der Waals surface area contributed by atoms with Gasteiger partial charge in [-0.3, -0.25) is 9.88 Å². The summed E-state index contributed by atoms with van der Waals surface area (Å²) in [5.41, 5.74) is 2.66. The maximum atomic E-state index is 13.4. The number of rotatable bonds is 7. The van der Waals surface area contributed by atoms with E-state index in [2.05, 4.69) is 16.0 Å². The van der Waals surface area contributed by atoms with Gasteiger partial charge in [0.2, 0.25) is 0 Å². The predicted octanol–water partition coefficient (Wildman–Crippen LogP) is 3.87. The van der Waals surface area contributed by atoms with Crippen LogP contribution in [0.25, 0.3) is 0 Å². The van der Waals surface area contributed by atoms with Crippen molar-refractivity contribution < 1.29 is 8.42 Å². The second kappa shape index (κ2) is 9.71. The van der Waals surface area contributed by atoms with E-state index in [1.807, 2.05) is 36.4 Å². The Labute approximate surface area is 187 Å². The normalized spacial score (nSPS) is 15.7. The molecule has 0 amide bonds. The van der Waals surface area contributed by atoms with Crippen molar-refractivity contribution >= 4 is 21.4 Å². The lowest BCUT2D eigenvalue weighted by Gasteiger charge is -2.37. The minimum atomic E-state index is -3.57. The standard InChI is InChI=1S/C23H24N4O2S2/c24-15-19-4-1-5-20(14-19)17-26-11-8-22(9-12-26)27(18-21-6-2-10-25-16-21)31(28,29)23-7-3-13-30-23/h1-7,10,13-14,16,22H,8-9,11-12,17-18H2. The molecule has 160 valence electrons. The highest BCUT2D eigenvalue weighted by Gasteiger charge is 2.34. The topological polar surface area (TPSA) is 77.3 Å². The van der Waals surface area contributed by atoms with Gasteiger partial charge in [-0.25, -0.2) is 8.42 Å². The zero-order valence-electron chi connectivity index (χ0n) is 17.1. The Kier molecular flexibility index (Phi) is 6.78. The molecule has 1 saturated heterocycles. The monoisotopic (exact) mass is 452 g/mol. The van der Waals surface area contributed by atoms with E-state index in [1.165, 1.54) is 11.3 Å². The zero-order chi connectivity index (χ0) is 21.7. The molecule has 6 nitrogen and oxygen atoms in total. The fourth-order valence-electron chi connectivity index (χ4n) is 3.97. The number of aromatic nitrogens is 1. The molecular formula is C23H24N4O2S2. The van der Waals surface area contributed by atoms with Gasteiger partial charge in [0.25, 0.3) is 10.0 Å². The van der Waals surface area contributed by atoms with E-state index >= 15 is 0 Å². The number of thiophene rings is 1. The second-order valence-corrected chi connectivity index (χ2v) is 10.7. The lowest BCUT2D eigenvalue weighted by atomic mass is 10.0. The zero-order valence-corrected chi connectivity index (χ0v) is 18.7. The quantitative estimate of drug-likeness (QED) is 0.544. The van der Waals surface area contributed by atoms with Gasteiger partial charge in [-0.15, -0.1) is 11.3 Å². The summed E-state index contributed by atoms with van der Waals surface area (Å²) < 4.78 is 28.9. The van der Waals surface area contributed by atoms with Crippen LogP contribution in [0, 0.1) is 11.3 Å². The predicted molar refractivity (Wildman–Crippen MR) is 121 cm³/mol. The average molecular weight is 453 g/mol. The lowest BCUT2D eigenvalue weighted by molar-refractivity contribution is 0.150. The highest BCUT2D eigenvalue weighted by Crippen LogP contribution is 2.29. The van der Waals surface area contributed by atoms with Gasteiger partial charge in [0.15, 0.2) is 0 Å². The molecule has 1 fully saturated rings. The first-order valence-corrected chi connectivity index (χ1v) is 12.5. The van der Waals surface area contributed by atoms with Gasteiger partial charge in [0, 0.05) is 44.6 Å². The van der Waals surface area contributed by atoms with Crippen LogP contribution in [0.5, 0.6) is 0 Å². The number of nitrogens with zero attached hydrogens (tertiary/aromatic N) is 4. The van der Waals surface area contributed by atoms with E-state index in [4.69, 9.17) is 5.26 Å². The van der Waals surface area contributed by atoms with Gasteiger partial charge in [-0.2, -0.15) is 9.57 Å². The number of pyridine rings is 1. The van der Waals surface area contributed by atoms with Gasteiger partial charge in [0.1, 0.15) is 4.21 Å². The van der Waals surface area contributed by atoms with E-state index in [0.29, 0.717) is 16.3 Å². The van der Waals surface area contributed by atoms with Crippen LogP contribution in [-0.4, -0.2) is 41.7 Å². The molecule has 8 heteroatoms. The summed E-state index contributed by atoms with van der Waals surface area (Å²) >= 11 is 1.26. The number of hydrogen-bond donors (Lipinski definition) is 0. The van der Waals surface area contributed by atoms with E-state index in [9.17, 15) is 8.42 Å². The van der Waals surface area contributed by atoms with Gasteiger partial charge in [-0.05, 0) is 53.6 Å². The molecule has 3 aromatic rings. The second-order valence-electron chi connectivity index (χ2n) is 7.66. The number of benzene rings is 1. The summed E-state index contributed by atoms with van der Waals surface area (Å²) in [6.45, 7) is 2.71. The molecule has 0 bridgehead atoms. The molecule has 0 spiro atoms. The number of nitriles is 1. The first-order valence-electron chi connectivity index (χ1n) is 10.2. The van der Waals surface area contributed by atoms with Crippen molar-refractivity contribution in [3.8, 4) is 6.07 Å². The summed E-state index contributed by atoms with van der Waals surface area (Å²) in [5.74, 6) is 0. The van der Waals surface area contributed by atoms with Crippen molar-refractivity contribution in [1.82, 2.24) is 14.2 Å². The Balaban J connectivity index is 1.48. The van der Waals surface area contributed by atoms with Gasteiger partial charge in [-0.1, -0.05) is 24.3 Å². The Morgan fingerprint density at radius 1 is 1.13 bits per heavy atom. The van der Waals surface area contributed by atoms with Crippen LogP contribution in [0.15, 0.2) is 70.5 Å². The fourth-order valence-corrected chi connectivity index (χ4v) is 6.76. The highest BCUT2D eigenvalue weighted by molar-refractivity contribution is 7.91. The molecule has 1 aliphatic rings. The van der Waals surface area contributed by atoms with Gasteiger partial charge >= 0.3 is 0 Å². The lowest BCUT2D eigenvalue weighted by Crippen LogP contribution is -2.46. The first-order chi connectivity index (χ1) is 15.1. The van der Waals surface area contributed by atoms with E-state index in [0.717, 1.165) is 43.6 Å². The van der Waals surface area contributed by atoms with Crippen molar-refractivity contribution in [1.29, 1.82) is 5.26 Å². The third-order valence-electron chi connectivity index (χ3n) is 5.55. The van der Waals surface area contributed by atoms with Gasteiger partial charge < -0.3 is 0 Å². The van der Waals surface area contributed by atoms with Crippen molar-refractivity contribution in [2.45, 2.75) is 36.2 Å². The van der Waals surface area contributed by atoms with Crippen LogP contribution in [-0.2, 0) is 23.1 Å². The van der Waals surface area contributed by atoms with Crippen LogP contribution in [0.1, 0.15) is 29.5 Å². The highest BCUT2D eigenvalue weighted by atomic mass is 32.2. The number of piperidine rings is 1. The molecular weight excluding hydrogens is 428 g/mol. The third-order valence-corrected chi connectivity index (χ3v) is 8.82. The summed E-state index contributed by atoms with van der Waals surface area (Å²) in [5, 5.41) is 10.9. The summed E-state index contributed by atoms with van der Waals surface area (Å²) in [6.07, 6.45) is 4.96. The summed E-state index contributed by atoms with van der Waals surface area (Å²) in [4.78, 5) is 6.48. The SMILES string of the molecule is N#Cc1cccc(CN2CCC(N(Cc3cccnc3)S(=O)(=O)c3cccs3)CC2)c1. The maximum Gasteiger partial charge on any atom is 0.253 e. The van der Waals surface area contributed by atoms with Crippen molar-refractivity contribution in [3.63, 3.8) is 0 Å². The largest absolute Gasteiger partial charge is 0.299 e. The molecule has 0 aliphatic carbocycles. The average Bonchev–Trinajstić information content (AvgIpc) is 3.35. The third kappa shape index (κ3) is 5.20. The molecule has 1 aliphatic heterocycles. The van der Waals surface area contributed by atoms with Crippen molar-refractivity contribution in [2.75, 3.05) is 13.1 Å². The molecule has 4 rings (SSSR count). The maximum absolute atomic E-state index is 13.4. The Morgan fingerprint density at radius 2 is 1.94 bits per heavy atom. The molecule has 0 saturated carbocycles. The van der Waals surface area contributed by atoms with Crippen molar-refractivity contribution in [3.05, 3.63) is 83.0 Å². The minimum absolute atomic E-state index is 0.0611. The summed E-state index contributed by atoms with van der Waals surface area (Å²) in [7, 11) is -3.57. The summed E-state index contributed by atoms with van der Waals surface area (Å²) in [6, 6.07) is 17.0. The van der Waals surface area contributed by atoms with Crippen LogP contribution < -0.4 is 0 Å². The molecule has 0 radical (unpaired) electrons. The van der Waals surface area contributed by atoms with Crippen LogP contribution in [0.2, 0.25) is 0 Å². The molecule has 3 heterocycles. The Hall–Kier alpha value is -2.57. The number of likely N-dealkylation sites (tertiary alicyclic amines) is 1. The number of hydrogen-bond acceptors (Lipinski definition) is 6. The molecule has 1 aromatic carbocycles. The van der Waals surface area contributed by atoms with E-state index < -0.39 is 10.0 Å². The Morgan fingerprint density at radius 3 is 2.61 bits per heavy atom. The van der Waals surface area contributed by atoms with Crippen LogP contribution in [0.4, 0.5) is 0 Å². The van der Waals surface area contributed by atoms with E-state index in [-0.39, 0.29) is 6.04 Å². The van der Waals surface area contributed by atoms with Crippen molar-refractivity contribution in [2.24, 2.45) is 0 Å². The molecule has 2 aromatic heterocycles. The molecule has 31 heavy (non-hydrogen) atoms. The van der Waals surface area contributed by atoms with E-state index in [1.54, 1.807) is 34.2 Å². The molecule has 0 atom stereocenters. The number of sulfonamides is 1. The Bertz CT molecular complexity index is 1130. The van der Waals surface area contributed by atoms with Gasteiger partial charge in [0.05, 0.1) is 11.6 Å². The van der Waals surface area contributed by atoms with Crippen LogP contribution in [0.3, 0.4) is 0 Å². The molecule has 0 N–H and O–H groups in total. The van der Waals surface area contributed by atoms with Crippen LogP contribution >= 0.6 is 11.3 Å². The first kappa shape index (κ1) is 21.7. The molecule has 0 unspecified atom stereocenters. The smallest absolute Gasteiger partial charge is 0.253 e.